The Hall–Kier alpha value is -2.76. The summed E-state index contributed by atoms with van der Waals surface area (Å²) in [6.07, 6.45) is 6.32. The SMILES string of the molecule is CC(C)(C)c1cc(-c2cncc(-c3cc(C(=O)N4CCC(O)CC4)ccc3Cl)c2)ccn1. The van der Waals surface area contributed by atoms with Crippen molar-refractivity contribution in [2.45, 2.75) is 45.1 Å². The molecule has 0 radical (unpaired) electrons. The average Bonchev–Trinajstić information content (AvgIpc) is 2.79. The third-order valence-corrected chi connectivity index (χ3v) is 6.21. The molecular formula is C26H28ClN3O2. The van der Waals surface area contributed by atoms with Crippen LogP contribution in [0.3, 0.4) is 0 Å². The van der Waals surface area contributed by atoms with E-state index in [4.69, 9.17) is 11.6 Å². The normalized spacial score (nSPS) is 15.1. The minimum Gasteiger partial charge on any atom is -0.393 e. The Balaban J connectivity index is 1.66. The molecule has 3 aromatic rings. The van der Waals surface area contributed by atoms with Crippen LogP contribution in [0, 0.1) is 0 Å². The molecule has 6 heteroatoms. The van der Waals surface area contributed by atoms with Gasteiger partial charge in [-0.3, -0.25) is 14.8 Å². The number of likely N-dealkylation sites (tertiary alicyclic amines) is 1. The van der Waals surface area contributed by atoms with Crippen LogP contribution >= 0.6 is 11.6 Å². The van der Waals surface area contributed by atoms with Crippen molar-refractivity contribution in [3.8, 4) is 22.3 Å². The van der Waals surface area contributed by atoms with Crippen molar-refractivity contribution in [3.05, 3.63) is 71.3 Å². The first-order chi connectivity index (χ1) is 15.2. The highest BCUT2D eigenvalue weighted by Crippen LogP contribution is 2.32. The second-order valence-electron chi connectivity index (χ2n) is 9.36. The van der Waals surface area contributed by atoms with Gasteiger partial charge in [0.05, 0.1) is 6.10 Å². The molecule has 0 atom stereocenters. The topological polar surface area (TPSA) is 66.3 Å². The third kappa shape index (κ3) is 4.84. The molecule has 0 aliphatic carbocycles. The van der Waals surface area contributed by atoms with Gasteiger partial charge >= 0.3 is 0 Å². The van der Waals surface area contributed by atoms with Gasteiger partial charge in [0.15, 0.2) is 0 Å². The lowest BCUT2D eigenvalue weighted by Crippen LogP contribution is -2.40. The number of nitrogens with zero attached hydrogens (tertiary/aromatic N) is 3. The zero-order valence-electron chi connectivity index (χ0n) is 18.7. The molecule has 1 aromatic carbocycles. The molecule has 3 heterocycles. The number of carbonyl (C=O) groups is 1. The molecule has 1 N–H and O–H groups in total. The summed E-state index contributed by atoms with van der Waals surface area (Å²) in [5.74, 6) is -0.0390. The molecule has 2 aromatic heterocycles. The first kappa shape index (κ1) is 22.4. The number of aliphatic hydroxyl groups is 1. The summed E-state index contributed by atoms with van der Waals surface area (Å²) in [7, 11) is 0. The van der Waals surface area contributed by atoms with Crippen molar-refractivity contribution in [2.75, 3.05) is 13.1 Å². The van der Waals surface area contributed by atoms with Gasteiger partial charge in [-0.2, -0.15) is 0 Å². The fourth-order valence-corrected chi connectivity index (χ4v) is 4.12. The van der Waals surface area contributed by atoms with E-state index in [1.807, 2.05) is 30.6 Å². The number of piperidine rings is 1. The van der Waals surface area contributed by atoms with Gasteiger partial charge in [0.1, 0.15) is 0 Å². The van der Waals surface area contributed by atoms with E-state index in [9.17, 15) is 9.90 Å². The van der Waals surface area contributed by atoms with Crippen molar-refractivity contribution < 1.29 is 9.90 Å². The fraction of sp³-hybridized carbons (Fsp3) is 0.346. The van der Waals surface area contributed by atoms with Crippen molar-refractivity contribution in [3.63, 3.8) is 0 Å². The van der Waals surface area contributed by atoms with Gasteiger partial charge in [-0.05, 0) is 54.8 Å². The standard InChI is InChI=1S/C26H28ClN3O2/c1-26(2,3)24-14-17(6-9-29-24)19-12-20(16-28-15-19)22-13-18(4-5-23(22)27)25(32)30-10-7-21(31)8-11-30/h4-6,9,12-16,21,31H,7-8,10-11H2,1-3H3. The van der Waals surface area contributed by atoms with Crippen LogP contribution in [0.1, 0.15) is 49.7 Å². The van der Waals surface area contributed by atoms with Crippen LogP contribution in [0.2, 0.25) is 5.02 Å². The Morgan fingerprint density at radius 1 is 1.03 bits per heavy atom. The maximum atomic E-state index is 13.0. The second-order valence-corrected chi connectivity index (χ2v) is 9.77. The number of aromatic nitrogens is 2. The van der Waals surface area contributed by atoms with Gasteiger partial charge < -0.3 is 10.0 Å². The second kappa shape index (κ2) is 9.00. The fourth-order valence-electron chi connectivity index (χ4n) is 3.90. The highest BCUT2D eigenvalue weighted by atomic mass is 35.5. The van der Waals surface area contributed by atoms with Crippen LogP contribution < -0.4 is 0 Å². The highest BCUT2D eigenvalue weighted by Gasteiger charge is 2.23. The molecule has 166 valence electrons. The molecule has 1 amide bonds. The predicted octanol–water partition coefficient (Wildman–Crippen LogP) is 5.36. The molecule has 32 heavy (non-hydrogen) atoms. The van der Waals surface area contributed by atoms with E-state index in [0.29, 0.717) is 36.5 Å². The van der Waals surface area contributed by atoms with E-state index in [2.05, 4.69) is 36.8 Å². The Bertz CT molecular complexity index is 1130. The van der Waals surface area contributed by atoms with Crippen LogP contribution in [0.4, 0.5) is 0 Å². The van der Waals surface area contributed by atoms with Gasteiger partial charge in [-0.15, -0.1) is 0 Å². The summed E-state index contributed by atoms with van der Waals surface area (Å²) >= 11 is 6.53. The van der Waals surface area contributed by atoms with E-state index < -0.39 is 0 Å². The summed E-state index contributed by atoms with van der Waals surface area (Å²) in [6.45, 7) is 7.54. The molecular weight excluding hydrogens is 422 g/mol. The quantitative estimate of drug-likeness (QED) is 0.584. The lowest BCUT2D eigenvalue weighted by Gasteiger charge is -2.29. The monoisotopic (exact) mass is 449 g/mol. The Morgan fingerprint density at radius 3 is 2.47 bits per heavy atom. The summed E-state index contributed by atoms with van der Waals surface area (Å²) < 4.78 is 0. The molecule has 5 nitrogen and oxygen atoms in total. The molecule has 0 spiro atoms. The maximum absolute atomic E-state index is 13.0. The molecule has 1 saturated heterocycles. The number of benzene rings is 1. The van der Waals surface area contributed by atoms with Crippen molar-refractivity contribution in [1.29, 1.82) is 0 Å². The van der Waals surface area contributed by atoms with Crippen molar-refractivity contribution >= 4 is 17.5 Å². The summed E-state index contributed by atoms with van der Waals surface area (Å²) in [5.41, 5.74) is 5.17. The predicted molar refractivity (Wildman–Crippen MR) is 128 cm³/mol. The zero-order valence-corrected chi connectivity index (χ0v) is 19.4. The molecule has 1 aliphatic rings. The Labute approximate surface area is 194 Å². The van der Waals surface area contributed by atoms with Gasteiger partial charge in [0, 0.05) is 70.1 Å². The van der Waals surface area contributed by atoms with Crippen LogP contribution in [-0.4, -0.2) is 45.1 Å². The number of hydrogen-bond donors (Lipinski definition) is 1. The minimum absolute atomic E-state index is 0.0390. The minimum atomic E-state index is -0.319. The summed E-state index contributed by atoms with van der Waals surface area (Å²) in [4.78, 5) is 23.7. The van der Waals surface area contributed by atoms with E-state index in [1.54, 1.807) is 23.2 Å². The van der Waals surface area contributed by atoms with E-state index in [1.165, 1.54) is 0 Å². The van der Waals surface area contributed by atoms with Gasteiger partial charge in [0.2, 0.25) is 0 Å². The molecule has 0 unspecified atom stereocenters. The van der Waals surface area contributed by atoms with Crippen LogP contribution in [0.5, 0.6) is 0 Å². The third-order valence-electron chi connectivity index (χ3n) is 5.88. The Kier molecular flexibility index (Phi) is 6.31. The molecule has 0 bridgehead atoms. The smallest absolute Gasteiger partial charge is 0.253 e. The lowest BCUT2D eigenvalue weighted by molar-refractivity contribution is 0.0546. The number of amides is 1. The summed E-state index contributed by atoms with van der Waals surface area (Å²) in [6, 6.07) is 11.5. The number of pyridine rings is 2. The number of rotatable bonds is 3. The van der Waals surface area contributed by atoms with Crippen molar-refractivity contribution in [2.24, 2.45) is 0 Å². The lowest BCUT2D eigenvalue weighted by atomic mass is 9.90. The van der Waals surface area contributed by atoms with Gasteiger partial charge in [-0.1, -0.05) is 32.4 Å². The number of carbonyl (C=O) groups excluding carboxylic acids is 1. The maximum Gasteiger partial charge on any atom is 0.253 e. The molecule has 1 fully saturated rings. The molecule has 1 aliphatic heterocycles. The largest absolute Gasteiger partial charge is 0.393 e. The average molecular weight is 450 g/mol. The van der Waals surface area contributed by atoms with E-state index in [0.717, 1.165) is 27.9 Å². The number of halogens is 1. The number of aliphatic hydroxyl groups excluding tert-OH is 1. The van der Waals surface area contributed by atoms with Crippen LogP contribution in [-0.2, 0) is 5.41 Å². The van der Waals surface area contributed by atoms with Gasteiger partial charge in [0.25, 0.3) is 5.91 Å². The van der Waals surface area contributed by atoms with Crippen LogP contribution in [0.25, 0.3) is 22.3 Å². The first-order valence-electron chi connectivity index (χ1n) is 10.9. The highest BCUT2D eigenvalue weighted by molar-refractivity contribution is 6.33. The van der Waals surface area contributed by atoms with Crippen molar-refractivity contribution in [1.82, 2.24) is 14.9 Å². The molecule has 4 rings (SSSR count). The van der Waals surface area contributed by atoms with E-state index in [-0.39, 0.29) is 17.4 Å². The van der Waals surface area contributed by atoms with Crippen LogP contribution in [0.15, 0.2) is 55.0 Å². The number of hydrogen-bond acceptors (Lipinski definition) is 4. The summed E-state index contributed by atoms with van der Waals surface area (Å²) in [5, 5.41) is 10.3. The zero-order chi connectivity index (χ0) is 22.9. The first-order valence-corrected chi connectivity index (χ1v) is 11.3. The Morgan fingerprint density at radius 2 is 1.75 bits per heavy atom. The molecule has 0 saturated carbocycles. The van der Waals surface area contributed by atoms with E-state index >= 15 is 0 Å². The van der Waals surface area contributed by atoms with Gasteiger partial charge in [-0.25, -0.2) is 0 Å².